The van der Waals surface area contributed by atoms with E-state index in [1.54, 1.807) is 0 Å². The predicted molar refractivity (Wildman–Crippen MR) is 95.3 cm³/mol. The topological polar surface area (TPSA) is 9.23 Å². The van der Waals surface area contributed by atoms with Gasteiger partial charge in [0.2, 0.25) is 0 Å². The van der Waals surface area contributed by atoms with Gasteiger partial charge in [0, 0.05) is 7.92 Å². The van der Waals surface area contributed by atoms with Crippen molar-refractivity contribution in [2.45, 2.75) is 58.8 Å². The van der Waals surface area contributed by atoms with Crippen molar-refractivity contribution in [1.82, 2.24) is 0 Å². The third-order valence-corrected chi connectivity index (χ3v) is 6.91. The van der Waals surface area contributed by atoms with Gasteiger partial charge in [0.25, 0.3) is 0 Å². The lowest BCUT2D eigenvalue weighted by molar-refractivity contribution is 0.343. The van der Waals surface area contributed by atoms with Gasteiger partial charge in [-0.15, -0.1) is 0 Å². The van der Waals surface area contributed by atoms with E-state index < -0.39 is 15.2 Å². The lowest BCUT2D eigenvalue weighted by atomic mass is 10.2. The molecule has 0 saturated carbocycles. The second kappa shape index (κ2) is 8.37. The van der Waals surface area contributed by atoms with Crippen LogP contribution < -0.4 is 10.0 Å². The van der Waals surface area contributed by atoms with Gasteiger partial charge in [-0.1, -0.05) is 12.1 Å². The molecule has 7 heteroatoms. The smallest absolute Gasteiger partial charge is 0.490 e. The van der Waals surface area contributed by atoms with Crippen LogP contribution in [0.25, 0.3) is 0 Å². The highest BCUT2D eigenvalue weighted by atomic mass is 31.1. The monoisotopic (exact) mass is 354 g/mol. The quantitative estimate of drug-likeness (QED) is 0.377. The highest BCUT2D eigenvalue weighted by Crippen LogP contribution is 2.59. The molecule has 0 amide bonds. The van der Waals surface area contributed by atoms with Crippen LogP contribution in [-0.2, 0) is 0 Å². The molecule has 134 valence electrons. The van der Waals surface area contributed by atoms with Gasteiger partial charge in [-0.3, -0.25) is 0 Å². The molecule has 0 unspecified atom stereocenters. The number of halogens is 4. The van der Waals surface area contributed by atoms with E-state index in [4.69, 9.17) is 4.74 Å². The Kier molecular flexibility index (Phi) is 8.09. The first-order chi connectivity index (χ1) is 10.2. The van der Waals surface area contributed by atoms with Crippen LogP contribution in [0.4, 0.5) is 17.3 Å². The molecule has 0 aliphatic heterocycles. The minimum atomic E-state index is -6.00. The van der Waals surface area contributed by atoms with Crippen LogP contribution in [-0.4, -0.2) is 24.2 Å². The van der Waals surface area contributed by atoms with Crippen molar-refractivity contribution >= 4 is 20.5 Å². The highest BCUT2D eigenvalue weighted by Gasteiger charge is 2.45. The van der Waals surface area contributed by atoms with Crippen molar-refractivity contribution < 1.29 is 22.0 Å². The number of para-hydroxylation sites is 1. The first-order valence-corrected chi connectivity index (χ1v) is 9.15. The molecule has 0 fully saturated rings. The summed E-state index contributed by atoms with van der Waals surface area (Å²) in [7, 11) is -6.73. The first-order valence-electron chi connectivity index (χ1n) is 7.65. The third kappa shape index (κ3) is 9.19. The highest BCUT2D eigenvalue weighted by molar-refractivity contribution is 7.68. The predicted octanol–water partition coefficient (Wildman–Crippen LogP) is 5.82. The normalized spacial score (nSPS) is 12.7. The van der Waals surface area contributed by atoms with Gasteiger partial charge in [-0.25, -0.2) is 0 Å². The van der Waals surface area contributed by atoms with Crippen molar-refractivity contribution in [3.05, 3.63) is 24.3 Å². The fourth-order valence-electron chi connectivity index (χ4n) is 2.89. The molecule has 0 bridgehead atoms. The fourth-order valence-corrected chi connectivity index (χ4v) is 7.42. The SMILES string of the molecule is CCOc1ccccc1[PH+](C(C)(C)C)C(C)(C)C.F[B-](F)(F)F. The molecule has 1 rings (SSSR count). The number of benzene rings is 1. The van der Waals surface area contributed by atoms with E-state index in [9.17, 15) is 17.3 Å². The molecule has 0 radical (unpaired) electrons. The number of ether oxygens (including phenoxy) is 1. The standard InChI is InChI=1S/C16H27OP.BF4/c1-8-17-13-11-9-10-12-14(13)18(15(2,3)4)16(5,6)7;2-1(3,4)5/h9-12H,8H2,1-7H3;/q;-1/p+1. The Bertz CT molecular complexity index is 458. The molecule has 0 aromatic heterocycles. The van der Waals surface area contributed by atoms with Crippen LogP contribution >= 0.6 is 7.92 Å². The Morgan fingerprint density at radius 3 is 1.65 bits per heavy atom. The molecule has 0 aliphatic rings. The molecule has 0 aliphatic carbocycles. The van der Waals surface area contributed by atoms with Gasteiger partial charge < -0.3 is 22.0 Å². The zero-order valence-corrected chi connectivity index (χ0v) is 16.0. The zero-order valence-electron chi connectivity index (χ0n) is 15.0. The summed E-state index contributed by atoms with van der Waals surface area (Å²) in [6.45, 7) is 16.9. The molecule has 0 atom stereocenters. The Morgan fingerprint density at radius 1 is 0.913 bits per heavy atom. The van der Waals surface area contributed by atoms with Gasteiger partial charge in [-0.05, 0) is 60.6 Å². The van der Waals surface area contributed by atoms with Gasteiger partial charge in [0.1, 0.15) is 5.30 Å². The van der Waals surface area contributed by atoms with E-state index in [0.717, 1.165) is 12.4 Å². The summed E-state index contributed by atoms with van der Waals surface area (Å²) in [6, 6.07) is 8.58. The maximum Gasteiger partial charge on any atom is 0.673 e. The number of hydrogen-bond donors (Lipinski definition) is 0. The molecule has 0 N–H and O–H groups in total. The molecule has 0 spiro atoms. The molecule has 23 heavy (non-hydrogen) atoms. The summed E-state index contributed by atoms with van der Waals surface area (Å²) in [6.07, 6.45) is 0. The average Bonchev–Trinajstić information content (AvgIpc) is 2.26. The summed E-state index contributed by atoms with van der Waals surface area (Å²) in [5.41, 5.74) is 0. The van der Waals surface area contributed by atoms with Crippen molar-refractivity contribution in [2.24, 2.45) is 0 Å². The largest absolute Gasteiger partial charge is 0.673 e. The van der Waals surface area contributed by atoms with E-state index in [2.05, 4.69) is 72.7 Å². The maximum absolute atomic E-state index is 9.75. The van der Waals surface area contributed by atoms with Crippen LogP contribution in [0.5, 0.6) is 5.75 Å². The van der Waals surface area contributed by atoms with Gasteiger partial charge in [0.05, 0.1) is 16.9 Å². The summed E-state index contributed by atoms with van der Waals surface area (Å²) >= 11 is 0. The molecule has 0 saturated heterocycles. The second-order valence-electron chi connectivity index (χ2n) is 7.30. The van der Waals surface area contributed by atoms with Crippen LogP contribution in [0.2, 0.25) is 0 Å². The summed E-state index contributed by atoms with van der Waals surface area (Å²) in [5, 5.41) is 2.07. The van der Waals surface area contributed by atoms with Gasteiger partial charge in [0.15, 0.2) is 5.75 Å². The second-order valence-corrected chi connectivity index (χ2v) is 11.6. The summed E-state index contributed by atoms with van der Waals surface area (Å²) in [4.78, 5) is 0. The lowest BCUT2D eigenvalue weighted by Crippen LogP contribution is -2.31. The first kappa shape index (κ1) is 22.2. The Labute approximate surface area is 138 Å². The average molecular weight is 354 g/mol. The van der Waals surface area contributed by atoms with Crippen molar-refractivity contribution in [2.75, 3.05) is 6.61 Å². The Morgan fingerprint density at radius 2 is 1.30 bits per heavy atom. The molecule has 1 aromatic carbocycles. The zero-order chi connectivity index (χ0) is 18.5. The van der Waals surface area contributed by atoms with Crippen molar-refractivity contribution in [3.8, 4) is 5.75 Å². The maximum atomic E-state index is 9.75. The molecular weight excluding hydrogens is 326 g/mol. The molecule has 0 heterocycles. The number of rotatable bonds is 3. The third-order valence-electron chi connectivity index (χ3n) is 2.96. The van der Waals surface area contributed by atoms with E-state index in [1.165, 1.54) is 5.30 Å². The Balaban J connectivity index is 0.000000841. The molecule has 1 aromatic rings. The van der Waals surface area contributed by atoms with E-state index >= 15 is 0 Å². The lowest BCUT2D eigenvalue weighted by Gasteiger charge is -2.34. The summed E-state index contributed by atoms with van der Waals surface area (Å²) < 4.78 is 44.8. The van der Waals surface area contributed by atoms with E-state index in [-0.39, 0.29) is 0 Å². The Hall–Kier alpha value is -0.765. The van der Waals surface area contributed by atoms with Crippen LogP contribution in [0.15, 0.2) is 24.3 Å². The van der Waals surface area contributed by atoms with Crippen molar-refractivity contribution in [3.63, 3.8) is 0 Å². The van der Waals surface area contributed by atoms with Gasteiger partial charge in [-0.2, -0.15) is 0 Å². The van der Waals surface area contributed by atoms with Crippen LogP contribution in [0, 0.1) is 0 Å². The minimum absolute atomic E-state index is 0.316. The summed E-state index contributed by atoms with van der Waals surface area (Å²) in [5.74, 6) is 1.08. The fraction of sp³-hybridized carbons (Fsp3) is 0.625. The van der Waals surface area contributed by atoms with Crippen molar-refractivity contribution in [1.29, 1.82) is 0 Å². The minimum Gasteiger partial charge on any atom is -0.490 e. The van der Waals surface area contributed by atoms with Gasteiger partial charge >= 0.3 is 7.25 Å². The van der Waals surface area contributed by atoms with E-state index in [0.29, 0.717) is 10.3 Å². The van der Waals surface area contributed by atoms with Crippen LogP contribution in [0.3, 0.4) is 0 Å². The van der Waals surface area contributed by atoms with Crippen LogP contribution in [0.1, 0.15) is 48.5 Å². The van der Waals surface area contributed by atoms with E-state index in [1.807, 2.05) is 0 Å². The molecule has 1 nitrogen and oxygen atoms in total. The molecular formula is C16H28BF4OP. The number of hydrogen-bond acceptors (Lipinski definition) is 1.